The van der Waals surface area contributed by atoms with Crippen LogP contribution in [0.3, 0.4) is 0 Å². The molecule has 3 amide bonds. The maximum atomic E-state index is 13.2. The van der Waals surface area contributed by atoms with E-state index in [1.807, 2.05) is 48.5 Å². The molecule has 0 aliphatic carbocycles. The van der Waals surface area contributed by atoms with Gasteiger partial charge in [0.1, 0.15) is 5.75 Å². The number of aliphatic hydroxyl groups is 1. The van der Waals surface area contributed by atoms with Crippen LogP contribution < -0.4 is 15.5 Å². The van der Waals surface area contributed by atoms with E-state index in [1.54, 1.807) is 41.8 Å². The van der Waals surface area contributed by atoms with Gasteiger partial charge in [0.05, 0.1) is 12.8 Å². The number of benzene rings is 3. The van der Waals surface area contributed by atoms with Crippen LogP contribution in [-0.2, 0) is 6.54 Å². The summed E-state index contributed by atoms with van der Waals surface area (Å²) in [6.07, 6.45) is 1.22. The number of anilines is 1. The third-order valence-corrected chi connectivity index (χ3v) is 5.36. The average molecular weight is 464 g/mol. The van der Waals surface area contributed by atoms with Crippen molar-refractivity contribution in [2.45, 2.75) is 19.4 Å². The molecular weight excluding hydrogens is 434 g/mol. The summed E-state index contributed by atoms with van der Waals surface area (Å²) in [5.41, 5.74) is 5.30. The van der Waals surface area contributed by atoms with Crippen LogP contribution >= 0.6 is 0 Å². The number of hydrogen-bond donors (Lipinski definition) is 4. The molecule has 3 aromatic carbocycles. The lowest BCUT2D eigenvalue weighted by Crippen LogP contribution is -2.35. The highest BCUT2D eigenvalue weighted by molar-refractivity contribution is 5.93. The first-order valence-electron chi connectivity index (χ1n) is 11.0. The molecule has 3 aromatic rings. The summed E-state index contributed by atoms with van der Waals surface area (Å²) in [5, 5.41) is 20.8. The Bertz CT molecular complexity index is 1090. The molecule has 0 saturated heterocycles. The molecule has 0 atom stereocenters. The van der Waals surface area contributed by atoms with Gasteiger partial charge >= 0.3 is 6.03 Å². The van der Waals surface area contributed by atoms with Crippen molar-refractivity contribution in [3.63, 3.8) is 0 Å². The van der Waals surface area contributed by atoms with Crippen LogP contribution in [0.2, 0.25) is 0 Å². The molecule has 0 unspecified atom stereocenters. The van der Waals surface area contributed by atoms with Crippen molar-refractivity contribution in [3.8, 4) is 16.9 Å². The number of carbonyl (C=O) groups excluding carboxylic acids is 2. The first kappa shape index (κ1) is 24.8. The normalized spacial score (nSPS) is 10.4. The second-order valence-electron chi connectivity index (χ2n) is 7.70. The lowest BCUT2D eigenvalue weighted by atomic mass is 10.0. The van der Waals surface area contributed by atoms with Gasteiger partial charge in [-0.3, -0.25) is 10.0 Å². The van der Waals surface area contributed by atoms with E-state index in [0.29, 0.717) is 42.9 Å². The zero-order chi connectivity index (χ0) is 24.3. The number of rotatable bonds is 10. The van der Waals surface area contributed by atoms with Crippen LogP contribution in [0.15, 0.2) is 72.8 Å². The smallest absolute Gasteiger partial charge is 0.322 e. The zero-order valence-electron chi connectivity index (χ0n) is 19.0. The van der Waals surface area contributed by atoms with Crippen molar-refractivity contribution in [2.75, 3.05) is 25.6 Å². The number of nitrogens with zero attached hydrogens (tertiary/aromatic N) is 1. The Morgan fingerprint density at radius 3 is 2.32 bits per heavy atom. The molecule has 0 aliphatic rings. The molecule has 0 saturated carbocycles. The molecule has 8 heteroatoms. The Morgan fingerprint density at radius 1 is 0.941 bits per heavy atom. The van der Waals surface area contributed by atoms with Crippen molar-refractivity contribution in [1.82, 2.24) is 10.4 Å². The molecule has 0 fully saturated rings. The molecule has 0 aromatic heterocycles. The van der Waals surface area contributed by atoms with Crippen LogP contribution in [0.1, 0.15) is 28.8 Å². The minimum absolute atomic E-state index is 0.0508. The fourth-order valence-electron chi connectivity index (χ4n) is 3.51. The number of unbranched alkanes of at least 4 members (excludes halogenated alkanes) is 1. The Kier molecular flexibility index (Phi) is 9.02. The number of methoxy groups -OCH3 is 1. The SMILES string of the molecule is COc1cc(-c2ccccc2)ccc1NC(=O)N(CCCCO)Cc1ccc(C(=O)NO)cc1. The number of ether oxygens (including phenoxy) is 1. The summed E-state index contributed by atoms with van der Waals surface area (Å²) in [4.78, 5) is 26.3. The van der Waals surface area contributed by atoms with Crippen molar-refractivity contribution in [2.24, 2.45) is 0 Å². The second-order valence-corrected chi connectivity index (χ2v) is 7.70. The van der Waals surface area contributed by atoms with Gasteiger partial charge < -0.3 is 20.1 Å². The Morgan fingerprint density at radius 2 is 1.68 bits per heavy atom. The molecule has 0 heterocycles. The van der Waals surface area contributed by atoms with Gasteiger partial charge in [0, 0.05) is 25.3 Å². The summed E-state index contributed by atoms with van der Waals surface area (Å²) in [6.45, 7) is 0.799. The zero-order valence-corrected chi connectivity index (χ0v) is 19.0. The fraction of sp³-hybridized carbons (Fsp3) is 0.231. The van der Waals surface area contributed by atoms with E-state index in [0.717, 1.165) is 16.7 Å². The highest BCUT2D eigenvalue weighted by Crippen LogP contribution is 2.31. The van der Waals surface area contributed by atoms with Crippen molar-refractivity contribution in [1.29, 1.82) is 0 Å². The van der Waals surface area contributed by atoms with Crippen LogP contribution in [0.5, 0.6) is 5.75 Å². The van der Waals surface area contributed by atoms with E-state index in [-0.39, 0.29) is 12.6 Å². The minimum Gasteiger partial charge on any atom is -0.495 e. The summed E-state index contributed by atoms with van der Waals surface area (Å²) in [6, 6.07) is 21.8. The minimum atomic E-state index is -0.602. The number of hydrogen-bond acceptors (Lipinski definition) is 5. The molecule has 178 valence electrons. The van der Waals surface area contributed by atoms with Gasteiger partial charge in [-0.05, 0) is 53.8 Å². The molecule has 3 rings (SSSR count). The Labute approximate surface area is 198 Å². The predicted molar refractivity (Wildman–Crippen MR) is 130 cm³/mol. The molecule has 0 bridgehead atoms. The summed E-state index contributed by atoms with van der Waals surface area (Å²) < 4.78 is 5.53. The van der Waals surface area contributed by atoms with E-state index in [4.69, 9.17) is 15.1 Å². The lowest BCUT2D eigenvalue weighted by Gasteiger charge is -2.24. The van der Waals surface area contributed by atoms with Crippen LogP contribution in [0.4, 0.5) is 10.5 Å². The van der Waals surface area contributed by atoms with Gasteiger partial charge in [-0.1, -0.05) is 48.5 Å². The molecule has 0 radical (unpaired) electrons. The largest absolute Gasteiger partial charge is 0.495 e. The maximum absolute atomic E-state index is 13.2. The van der Waals surface area contributed by atoms with Crippen LogP contribution in [0.25, 0.3) is 11.1 Å². The molecule has 0 aliphatic heterocycles. The van der Waals surface area contributed by atoms with Crippen LogP contribution in [0, 0.1) is 0 Å². The Hall–Kier alpha value is -3.88. The summed E-state index contributed by atoms with van der Waals surface area (Å²) in [5.74, 6) is -0.0560. The Balaban J connectivity index is 1.76. The lowest BCUT2D eigenvalue weighted by molar-refractivity contribution is 0.0706. The number of amides is 3. The molecule has 4 N–H and O–H groups in total. The van der Waals surface area contributed by atoms with Gasteiger partial charge in [-0.25, -0.2) is 10.3 Å². The first-order chi connectivity index (χ1) is 16.5. The third-order valence-electron chi connectivity index (χ3n) is 5.36. The van der Waals surface area contributed by atoms with E-state index >= 15 is 0 Å². The molecule has 8 nitrogen and oxygen atoms in total. The molecular formula is C26H29N3O5. The predicted octanol–water partition coefficient (Wildman–Crippen LogP) is 4.29. The quantitative estimate of drug-likeness (QED) is 0.204. The van der Waals surface area contributed by atoms with E-state index in [9.17, 15) is 9.59 Å². The summed E-state index contributed by atoms with van der Waals surface area (Å²) in [7, 11) is 1.56. The van der Waals surface area contributed by atoms with Gasteiger partial charge in [-0.2, -0.15) is 0 Å². The monoisotopic (exact) mass is 463 g/mol. The van der Waals surface area contributed by atoms with Crippen molar-refractivity contribution >= 4 is 17.6 Å². The highest BCUT2D eigenvalue weighted by Gasteiger charge is 2.17. The number of urea groups is 1. The standard InChI is InChI=1S/C26H29N3O5/c1-34-24-17-22(20-7-3-2-4-8-20)13-14-23(24)27-26(32)29(15-5-6-16-30)18-19-9-11-21(12-10-19)25(31)28-33/h2-4,7-14,17,30,33H,5-6,15-16,18H2,1H3,(H,27,32)(H,28,31). The summed E-state index contributed by atoms with van der Waals surface area (Å²) >= 11 is 0. The number of nitrogens with one attached hydrogen (secondary N) is 2. The van der Waals surface area contributed by atoms with Gasteiger partial charge in [0.25, 0.3) is 5.91 Å². The van der Waals surface area contributed by atoms with Crippen LogP contribution in [-0.4, -0.2) is 47.4 Å². The third kappa shape index (κ3) is 6.57. The average Bonchev–Trinajstić information content (AvgIpc) is 2.88. The van der Waals surface area contributed by atoms with Gasteiger partial charge in [0.2, 0.25) is 0 Å². The first-order valence-corrected chi connectivity index (χ1v) is 11.0. The number of aliphatic hydroxyl groups excluding tert-OH is 1. The van der Waals surface area contributed by atoms with Gasteiger partial charge in [-0.15, -0.1) is 0 Å². The second kappa shape index (κ2) is 12.4. The maximum Gasteiger partial charge on any atom is 0.322 e. The fourth-order valence-corrected chi connectivity index (χ4v) is 3.51. The van der Waals surface area contributed by atoms with E-state index in [2.05, 4.69) is 5.32 Å². The topological polar surface area (TPSA) is 111 Å². The number of carbonyl (C=O) groups is 2. The number of hydroxylamine groups is 1. The van der Waals surface area contributed by atoms with E-state index < -0.39 is 5.91 Å². The highest BCUT2D eigenvalue weighted by atomic mass is 16.5. The van der Waals surface area contributed by atoms with Gasteiger partial charge in [0.15, 0.2) is 0 Å². The van der Waals surface area contributed by atoms with Crippen molar-refractivity contribution < 1.29 is 24.6 Å². The molecule has 34 heavy (non-hydrogen) atoms. The van der Waals surface area contributed by atoms with Crippen molar-refractivity contribution in [3.05, 3.63) is 83.9 Å². The molecule has 0 spiro atoms. The van der Waals surface area contributed by atoms with E-state index in [1.165, 1.54) is 0 Å².